The molecule has 0 aliphatic heterocycles. The van der Waals surface area contributed by atoms with Crippen LogP contribution < -0.4 is 4.31 Å². The molecular weight excluding hydrogens is 452 g/mol. The highest BCUT2D eigenvalue weighted by Gasteiger charge is 2.27. The smallest absolute Gasteiger partial charge is 0.264 e. The maximum Gasteiger partial charge on any atom is 0.264 e. The fourth-order valence-electron chi connectivity index (χ4n) is 3.01. The van der Waals surface area contributed by atoms with Gasteiger partial charge in [0, 0.05) is 19.0 Å². The molecule has 0 spiro atoms. The monoisotopic (exact) mass is 474 g/mol. The van der Waals surface area contributed by atoms with Crippen molar-refractivity contribution in [1.82, 2.24) is 15.0 Å². The van der Waals surface area contributed by atoms with Crippen LogP contribution in [-0.2, 0) is 23.0 Å². The Bertz CT molecular complexity index is 1230. The standard InChI is InChI=1S/C22H23ClN4O4S/c1-4-13-27(19-12-7-6-11-18(19)23)32(29,30)17-10-8-9-16(14-17)22(28)26(3)15-21-24-20(5-2)25-31-21/h4,6-12,14H,1,5,13,15H2,2-3H3. The van der Waals surface area contributed by atoms with E-state index in [0.717, 1.165) is 4.31 Å². The van der Waals surface area contributed by atoms with Gasteiger partial charge in [0.05, 0.1) is 28.7 Å². The highest BCUT2D eigenvalue weighted by Crippen LogP contribution is 2.30. The molecule has 0 aliphatic carbocycles. The van der Waals surface area contributed by atoms with Crippen molar-refractivity contribution in [2.45, 2.75) is 24.8 Å². The first kappa shape index (κ1) is 23.5. The second-order valence-electron chi connectivity index (χ2n) is 6.92. The Morgan fingerprint density at radius 3 is 2.62 bits per heavy atom. The largest absolute Gasteiger partial charge is 0.337 e. The Kier molecular flexibility index (Phi) is 7.32. The van der Waals surface area contributed by atoms with Gasteiger partial charge < -0.3 is 9.42 Å². The van der Waals surface area contributed by atoms with Crippen molar-refractivity contribution in [2.24, 2.45) is 0 Å². The first-order valence-electron chi connectivity index (χ1n) is 9.83. The summed E-state index contributed by atoms with van der Waals surface area (Å²) in [7, 11) is -2.44. The molecule has 0 fully saturated rings. The molecule has 0 atom stereocenters. The molecule has 168 valence electrons. The molecule has 2 aromatic carbocycles. The fraction of sp³-hybridized carbons (Fsp3) is 0.227. The fourth-order valence-corrected chi connectivity index (χ4v) is 4.80. The van der Waals surface area contributed by atoms with Crippen LogP contribution >= 0.6 is 11.6 Å². The molecule has 8 nitrogen and oxygen atoms in total. The van der Waals surface area contributed by atoms with Gasteiger partial charge in [-0.1, -0.05) is 48.0 Å². The second kappa shape index (κ2) is 9.97. The normalized spacial score (nSPS) is 11.2. The number of amides is 1. The molecule has 3 rings (SSSR count). The lowest BCUT2D eigenvalue weighted by Crippen LogP contribution is -2.32. The molecule has 0 radical (unpaired) electrons. The molecule has 1 aromatic heterocycles. The van der Waals surface area contributed by atoms with Crippen LogP contribution in [0.2, 0.25) is 5.02 Å². The van der Waals surface area contributed by atoms with Gasteiger partial charge >= 0.3 is 0 Å². The summed E-state index contributed by atoms with van der Waals surface area (Å²) in [5.41, 5.74) is 0.535. The van der Waals surface area contributed by atoms with Crippen molar-refractivity contribution in [2.75, 3.05) is 17.9 Å². The van der Waals surface area contributed by atoms with E-state index in [1.807, 2.05) is 6.92 Å². The summed E-state index contributed by atoms with van der Waals surface area (Å²) < 4.78 is 33.1. The van der Waals surface area contributed by atoms with Crippen LogP contribution in [0.4, 0.5) is 5.69 Å². The van der Waals surface area contributed by atoms with Gasteiger partial charge in [0.25, 0.3) is 15.9 Å². The minimum absolute atomic E-state index is 0.0149. The summed E-state index contributed by atoms with van der Waals surface area (Å²) in [5.74, 6) is 0.472. The van der Waals surface area contributed by atoms with Crippen molar-refractivity contribution >= 4 is 33.2 Å². The summed E-state index contributed by atoms with van der Waals surface area (Å²) in [6.45, 7) is 5.66. The van der Waals surface area contributed by atoms with Gasteiger partial charge in [-0.3, -0.25) is 9.10 Å². The third-order valence-corrected chi connectivity index (χ3v) is 6.73. The number of sulfonamides is 1. The zero-order valence-electron chi connectivity index (χ0n) is 17.7. The maximum absolute atomic E-state index is 13.4. The quantitative estimate of drug-likeness (QED) is 0.436. The number of hydrogen-bond donors (Lipinski definition) is 0. The maximum atomic E-state index is 13.4. The Morgan fingerprint density at radius 1 is 1.22 bits per heavy atom. The van der Waals surface area contributed by atoms with Gasteiger partial charge in [0.1, 0.15) is 0 Å². The topological polar surface area (TPSA) is 96.6 Å². The number of rotatable bonds is 9. The van der Waals surface area contributed by atoms with Crippen molar-refractivity contribution < 1.29 is 17.7 Å². The number of hydrogen-bond acceptors (Lipinski definition) is 6. The zero-order chi connectivity index (χ0) is 23.3. The Balaban J connectivity index is 1.89. The van der Waals surface area contributed by atoms with E-state index in [4.69, 9.17) is 16.1 Å². The van der Waals surface area contributed by atoms with E-state index < -0.39 is 10.0 Å². The molecule has 0 bridgehead atoms. The van der Waals surface area contributed by atoms with Crippen LogP contribution in [0, 0.1) is 0 Å². The molecule has 0 aliphatic rings. The summed E-state index contributed by atoms with van der Waals surface area (Å²) in [5, 5.41) is 4.10. The minimum atomic E-state index is -4.01. The predicted octanol–water partition coefficient (Wildman–Crippen LogP) is 3.94. The van der Waals surface area contributed by atoms with Crippen LogP contribution in [-0.4, -0.2) is 43.0 Å². The highest BCUT2D eigenvalue weighted by molar-refractivity contribution is 7.92. The number of carbonyl (C=O) groups excluding carboxylic acids is 1. The molecule has 0 unspecified atom stereocenters. The van der Waals surface area contributed by atoms with Crippen molar-refractivity contribution in [3.63, 3.8) is 0 Å². The average Bonchev–Trinajstić information content (AvgIpc) is 3.25. The first-order chi connectivity index (χ1) is 15.3. The van der Waals surface area contributed by atoms with Crippen LogP contribution in [0.1, 0.15) is 29.0 Å². The van der Waals surface area contributed by atoms with E-state index in [2.05, 4.69) is 16.7 Å². The number of para-hydroxylation sites is 1. The number of benzene rings is 2. The summed E-state index contributed by atoms with van der Waals surface area (Å²) in [6.07, 6.45) is 2.09. The minimum Gasteiger partial charge on any atom is -0.337 e. The van der Waals surface area contributed by atoms with Gasteiger partial charge in [0.15, 0.2) is 5.82 Å². The molecule has 0 saturated carbocycles. The first-order valence-corrected chi connectivity index (χ1v) is 11.6. The van der Waals surface area contributed by atoms with Crippen molar-refractivity contribution in [3.05, 3.63) is 83.5 Å². The molecule has 32 heavy (non-hydrogen) atoms. The molecular formula is C22H23ClN4O4S. The van der Waals surface area contributed by atoms with Crippen LogP contribution in [0.5, 0.6) is 0 Å². The lowest BCUT2D eigenvalue weighted by Gasteiger charge is -2.24. The van der Waals surface area contributed by atoms with Crippen molar-refractivity contribution in [3.8, 4) is 0 Å². The number of anilines is 1. The van der Waals surface area contributed by atoms with Crippen LogP contribution in [0.3, 0.4) is 0 Å². The Hall–Kier alpha value is -3.17. The van der Waals surface area contributed by atoms with Crippen LogP contribution in [0.15, 0.2) is 70.6 Å². The lowest BCUT2D eigenvalue weighted by molar-refractivity contribution is 0.0769. The van der Waals surface area contributed by atoms with E-state index in [9.17, 15) is 13.2 Å². The number of aryl methyl sites for hydroxylation is 1. The number of aromatic nitrogens is 2. The summed E-state index contributed by atoms with van der Waals surface area (Å²) >= 11 is 6.24. The zero-order valence-corrected chi connectivity index (χ0v) is 19.3. The van der Waals surface area contributed by atoms with E-state index in [1.165, 1.54) is 29.2 Å². The van der Waals surface area contributed by atoms with Gasteiger partial charge in [-0.2, -0.15) is 4.98 Å². The van der Waals surface area contributed by atoms with Gasteiger partial charge in [-0.05, 0) is 30.3 Å². The number of carbonyl (C=O) groups is 1. The second-order valence-corrected chi connectivity index (χ2v) is 9.19. The number of nitrogens with zero attached hydrogens (tertiary/aromatic N) is 4. The van der Waals surface area contributed by atoms with E-state index in [-0.39, 0.29) is 34.5 Å². The lowest BCUT2D eigenvalue weighted by atomic mass is 10.2. The average molecular weight is 475 g/mol. The van der Waals surface area contributed by atoms with Gasteiger partial charge in [0.2, 0.25) is 5.89 Å². The Morgan fingerprint density at radius 2 is 1.97 bits per heavy atom. The molecule has 1 amide bonds. The van der Waals surface area contributed by atoms with Crippen LogP contribution in [0.25, 0.3) is 0 Å². The highest BCUT2D eigenvalue weighted by atomic mass is 35.5. The Labute approximate surface area is 192 Å². The number of halogens is 1. The predicted molar refractivity (Wildman–Crippen MR) is 122 cm³/mol. The summed E-state index contributed by atoms with van der Waals surface area (Å²) in [4.78, 5) is 18.5. The van der Waals surface area contributed by atoms with E-state index in [1.54, 1.807) is 37.4 Å². The van der Waals surface area contributed by atoms with E-state index in [0.29, 0.717) is 23.8 Å². The molecule has 10 heteroatoms. The summed E-state index contributed by atoms with van der Waals surface area (Å²) in [6, 6.07) is 12.5. The van der Waals surface area contributed by atoms with Gasteiger partial charge in [-0.15, -0.1) is 6.58 Å². The third kappa shape index (κ3) is 5.00. The molecule has 3 aromatic rings. The SMILES string of the molecule is C=CCN(c1ccccc1Cl)S(=O)(=O)c1cccc(C(=O)N(C)Cc2nc(CC)no2)c1. The molecule has 1 heterocycles. The molecule has 0 saturated heterocycles. The molecule has 0 N–H and O–H groups in total. The third-order valence-electron chi connectivity index (χ3n) is 4.63. The van der Waals surface area contributed by atoms with E-state index >= 15 is 0 Å². The van der Waals surface area contributed by atoms with Crippen molar-refractivity contribution in [1.29, 1.82) is 0 Å². The van der Waals surface area contributed by atoms with Gasteiger partial charge in [-0.25, -0.2) is 8.42 Å².